The third-order valence-electron chi connectivity index (χ3n) is 3.28. The number of carbonyl (C=O) groups excluding carboxylic acids is 1. The van der Waals surface area contributed by atoms with E-state index in [4.69, 9.17) is 5.73 Å². The van der Waals surface area contributed by atoms with Gasteiger partial charge in [-0.15, -0.1) is 0 Å². The molecule has 0 bridgehead atoms. The van der Waals surface area contributed by atoms with E-state index in [1.807, 2.05) is 4.90 Å². The van der Waals surface area contributed by atoms with E-state index in [0.29, 0.717) is 17.4 Å². The predicted molar refractivity (Wildman–Crippen MR) is 81.5 cm³/mol. The molecule has 0 aliphatic carbocycles. The van der Waals surface area contributed by atoms with Gasteiger partial charge in [0.25, 0.3) is 5.91 Å². The lowest BCUT2D eigenvalue weighted by Crippen LogP contribution is -2.40. The van der Waals surface area contributed by atoms with Gasteiger partial charge in [0.05, 0.1) is 0 Å². The fourth-order valence-electron chi connectivity index (χ4n) is 2.14. The number of rotatable bonds is 8. The number of aromatic amines is 1. The number of nitrogens with zero attached hydrogens (tertiary/aromatic N) is 3. The average Bonchev–Trinajstić information content (AvgIpc) is 2.84. The molecule has 0 unspecified atom stereocenters. The Bertz CT molecular complexity index is 411. The van der Waals surface area contributed by atoms with Gasteiger partial charge in [-0.2, -0.15) is 5.10 Å². The van der Waals surface area contributed by atoms with Crippen LogP contribution in [0.15, 0.2) is 6.07 Å². The monoisotopic (exact) mass is 281 g/mol. The van der Waals surface area contributed by atoms with E-state index in [-0.39, 0.29) is 5.91 Å². The molecule has 0 fully saturated rings. The van der Waals surface area contributed by atoms with Crippen LogP contribution in [0.2, 0.25) is 0 Å². The van der Waals surface area contributed by atoms with Crippen LogP contribution >= 0.6 is 0 Å². The quantitative estimate of drug-likeness (QED) is 0.755. The molecule has 114 valence electrons. The number of amides is 1. The number of H-pyrrole nitrogens is 1. The average molecular weight is 281 g/mol. The number of carbonyl (C=O) groups is 1. The van der Waals surface area contributed by atoms with Gasteiger partial charge in [-0.05, 0) is 19.0 Å². The van der Waals surface area contributed by atoms with E-state index in [0.717, 1.165) is 32.7 Å². The minimum Gasteiger partial charge on any atom is -0.382 e. The molecule has 0 atom stereocenters. The molecule has 20 heavy (non-hydrogen) atoms. The summed E-state index contributed by atoms with van der Waals surface area (Å²) in [5, 5.41) is 6.52. The number of nitrogen functional groups attached to an aromatic ring is 1. The lowest BCUT2D eigenvalue weighted by atomic mass is 10.2. The molecular weight excluding hydrogens is 254 g/mol. The zero-order chi connectivity index (χ0) is 15.1. The van der Waals surface area contributed by atoms with Gasteiger partial charge in [-0.3, -0.25) is 9.89 Å². The molecule has 0 radical (unpaired) electrons. The van der Waals surface area contributed by atoms with Crippen molar-refractivity contribution in [2.45, 2.75) is 27.7 Å². The molecule has 6 heteroatoms. The Labute approximate surface area is 121 Å². The summed E-state index contributed by atoms with van der Waals surface area (Å²) < 4.78 is 0. The summed E-state index contributed by atoms with van der Waals surface area (Å²) in [6, 6.07) is 1.59. The Balaban J connectivity index is 2.70. The van der Waals surface area contributed by atoms with E-state index < -0.39 is 0 Å². The Morgan fingerprint density at radius 3 is 2.45 bits per heavy atom. The largest absolute Gasteiger partial charge is 0.382 e. The highest BCUT2D eigenvalue weighted by Gasteiger charge is 2.19. The van der Waals surface area contributed by atoms with Crippen molar-refractivity contribution in [3.8, 4) is 0 Å². The van der Waals surface area contributed by atoms with Gasteiger partial charge in [-0.1, -0.05) is 27.7 Å². The molecule has 0 aliphatic rings. The number of hydrogen-bond donors (Lipinski definition) is 2. The zero-order valence-electron chi connectivity index (χ0n) is 13.0. The van der Waals surface area contributed by atoms with E-state index in [1.165, 1.54) is 0 Å². The summed E-state index contributed by atoms with van der Waals surface area (Å²) in [6.07, 6.45) is 0. The topological polar surface area (TPSA) is 78.2 Å². The van der Waals surface area contributed by atoms with Gasteiger partial charge in [0.2, 0.25) is 0 Å². The van der Waals surface area contributed by atoms with Gasteiger partial charge in [0.15, 0.2) is 0 Å². The smallest absolute Gasteiger partial charge is 0.271 e. The molecular formula is C14H27N5O. The second kappa shape index (κ2) is 7.89. The fourth-order valence-corrected chi connectivity index (χ4v) is 2.14. The maximum Gasteiger partial charge on any atom is 0.271 e. The molecule has 1 rings (SSSR count). The Morgan fingerprint density at radius 2 is 2.00 bits per heavy atom. The summed E-state index contributed by atoms with van der Waals surface area (Å²) in [4.78, 5) is 16.6. The second-order valence-corrected chi connectivity index (χ2v) is 5.38. The van der Waals surface area contributed by atoms with Crippen LogP contribution in [-0.2, 0) is 0 Å². The van der Waals surface area contributed by atoms with E-state index in [9.17, 15) is 4.79 Å². The van der Waals surface area contributed by atoms with Crippen molar-refractivity contribution in [3.05, 3.63) is 11.8 Å². The van der Waals surface area contributed by atoms with Crippen LogP contribution in [0, 0.1) is 5.92 Å². The second-order valence-electron chi connectivity index (χ2n) is 5.38. The molecule has 1 heterocycles. The van der Waals surface area contributed by atoms with Crippen LogP contribution in [0.3, 0.4) is 0 Å². The highest BCUT2D eigenvalue weighted by molar-refractivity contribution is 5.93. The normalized spacial score (nSPS) is 11.3. The van der Waals surface area contributed by atoms with Crippen LogP contribution in [-0.4, -0.2) is 58.6 Å². The Hall–Kier alpha value is -1.56. The van der Waals surface area contributed by atoms with Crippen LogP contribution in [0.5, 0.6) is 0 Å². The van der Waals surface area contributed by atoms with Gasteiger partial charge in [0.1, 0.15) is 11.5 Å². The molecule has 3 N–H and O–H groups in total. The van der Waals surface area contributed by atoms with Gasteiger partial charge < -0.3 is 15.5 Å². The van der Waals surface area contributed by atoms with E-state index >= 15 is 0 Å². The van der Waals surface area contributed by atoms with Crippen LogP contribution in [0.25, 0.3) is 0 Å². The fraction of sp³-hybridized carbons (Fsp3) is 0.714. The molecule has 0 aromatic carbocycles. The zero-order valence-corrected chi connectivity index (χ0v) is 13.0. The lowest BCUT2D eigenvalue weighted by molar-refractivity contribution is 0.0710. The molecule has 1 amide bonds. The Kier molecular flexibility index (Phi) is 6.51. The van der Waals surface area contributed by atoms with Crippen molar-refractivity contribution in [3.63, 3.8) is 0 Å². The van der Waals surface area contributed by atoms with Crippen molar-refractivity contribution in [1.29, 1.82) is 0 Å². The third kappa shape index (κ3) is 4.85. The summed E-state index contributed by atoms with van der Waals surface area (Å²) >= 11 is 0. The van der Waals surface area contributed by atoms with Crippen molar-refractivity contribution in [1.82, 2.24) is 20.0 Å². The van der Waals surface area contributed by atoms with Crippen molar-refractivity contribution in [2.75, 3.05) is 38.5 Å². The van der Waals surface area contributed by atoms with Crippen molar-refractivity contribution >= 4 is 11.7 Å². The molecule has 6 nitrogen and oxygen atoms in total. The molecule has 0 saturated carbocycles. The van der Waals surface area contributed by atoms with Crippen molar-refractivity contribution < 1.29 is 4.79 Å². The number of likely N-dealkylation sites (N-methyl/N-ethyl adjacent to an activating group) is 1. The summed E-state index contributed by atoms with van der Waals surface area (Å²) in [5.41, 5.74) is 6.02. The number of hydrogen-bond acceptors (Lipinski definition) is 4. The molecule has 0 aliphatic heterocycles. The summed E-state index contributed by atoms with van der Waals surface area (Å²) in [7, 11) is 0. The van der Waals surface area contributed by atoms with E-state index in [1.54, 1.807) is 6.07 Å². The number of anilines is 1. The number of aromatic nitrogens is 2. The van der Waals surface area contributed by atoms with Gasteiger partial charge in [0, 0.05) is 25.7 Å². The SMILES string of the molecule is CCN(CC)CCN(CC(C)C)C(=O)c1cc(N)n[nH]1. The first-order chi connectivity index (χ1) is 9.47. The maximum absolute atomic E-state index is 12.5. The van der Waals surface area contributed by atoms with Crippen LogP contribution in [0.1, 0.15) is 38.2 Å². The Morgan fingerprint density at radius 1 is 1.35 bits per heavy atom. The van der Waals surface area contributed by atoms with Gasteiger partial charge in [-0.25, -0.2) is 0 Å². The number of nitrogens with one attached hydrogen (secondary N) is 1. The minimum absolute atomic E-state index is 0.0324. The van der Waals surface area contributed by atoms with Crippen LogP contribution < -0.4 is 5.73 Å². The summed E-state index contributed by atoms with van der Waals surface area (Å²) in [6.45, 7) is 12.8. The lowest BCUT2D eigenvalue weighted by Gasteiger charge is -2.27. The van der Waals surface area contributed by atoms with Gasteiger partial charge >= 0.3 is 0 Å². The first-order valence-corrected chi connectivity index (χ1v) is 7.30. The van der Waals surface area contributed by atoms with E-state index in [2.05, 4.69) is 42.8 Å². The predicted octanol–water partition coefficient (Wildman–Crippen LogP) is 1.43. The minimum atomic E-state index is -0.0324. The van der Waals surface area contributed by atoms with Crippen LogP contribution in [0.4, 0.5) is 5.82 Å². The van der Waals surface area contributed by atoms with Crippen molar-refractivity contribution in [2.24, 2.45) is 5.92 Å². The first kappa shape index (κ1) is 16.5. The number of nitrogens with two attached hydrogens (primary N) is 1. The molecule has 0 spiro atoms. The third-order valence-corrected chi connectivity index (χ3v) is 3.28. The molecule has 1 aromatic rings. The highest BCUT2D eigenvalue weighted by atomic mass is 16.2. The highest BCUT2D eigenvalue weighted by Crippen LogP contribution is 2.08. The summed E-state index contributed by atoms with van der Waals surface area (Å²) in [5.74, 6) is 0.743. The molecule has 0 saturated heterocycles. The maximum atomic E-state index is 12.5. The molecule has 1 aromatic heterocycles. The standard InChI is InChI=1S/C14H27N5O/c1-5-18(6-2)7-8-19(10-11(3)4)14(20)12-9-13(15)17-16-12/h9,11H,5-8,10H2,1-4H3,(H3,15,16,17). The first-order valence-electron chi connectivity index (χ1n) is 7.30.